The van der Waals surface area contributed by atoms with E-state index in [1.165, 1.54) is 37.8 Å². The lowest BCUT2D eigenvalue weighted by atomic mass is 10.2. The number of carbonyl (C=O) groups excluding carboxylic acids is 1. The van der Waals surface area contributed by atoms with Gasteiger partial charge in [0.25, 0.3) is 5.56 Å². The fourth-order valence-corrected chi connectivity index (χ4v) is 5.81. The van der Waals surface area contributed by atoms with Crippen LogP contribution in [-0.4, -0.2) is 49.1 Å². The number of rotatable bonds is 11. The summed E-state index contributed by atoms with van der Waals surface area (Å²) in [6, 6.07) is 17.8. The van der Waals surface area contributed by atoms with E-state index in [1.807, 2.05) is 34.7 Å². The first-order valence-electron chi connectivity index (χ1n) is 14.2. The maximum atomic E-state index is 13.4. The van der Waals surface area contributed by atoms with Crippen LogP contribution < -0.4 is 10.9 Å². The molecule has 3 aromatic heterocycles. The van der Waals surface area contributed by atoms with E-state index in [0.29, 0.717) is 41.5 Å². The summed E-state index contributed by atoms with van der Waals surface area (Å²) in [6.45, 7) is 2.27. The van der Waals surface area contributed by atoms with Gasteiger partial charge in [-0.15, -0.1) is 10.2 Å². The average Bonchev–Trinajstić information content (AvgIpc) is 3.77. The van der Waals surface area contributed by atoms with Crippen LogP contribution in [0.3, 0.4) is 0 Å². The Morgan fingerprint density at radius 2 is 1.85 bits per heavy atom. The van der Waals surface area contributed by atoms with Gasteiger partial charge in [-0.2, -0.15) is 0 Å². The Morgan fingerprint density at radius 3 is 2.63 bits per heavy atom. The second kappa shape index (κ2) is 12.1. The van der Waals surface area contributed by atoms with Crippen LogP contribution in [-0.2, 0) is 24.3 Å². The number of carbonyl (C=O) groups is 1. The van der Waals surface area contributed by atoms with Crippen molar-refractivity contribution in [3.63, 3.8) is 0 Å². The van der Waals surface area contributed by atoms with Crippen LogP contribution in [0.4, 0.5) is 4.39 Å². The van der Waals surface area contributed by atoms with Gasteiger partial charge in [0.2, 0.25) is 11.7 Å². The normalized spacial score (nSPS) is 14.0. The number of furan rings is 1. The summed E-state index contributed by atoms with van der Waals surface area (Å²) in [5, 5.41) is 12.3. The number of aromatic nitrogens is 4. The van der Waals surface area contributed by atoms with Crippen molar-refractivity contribution in [3.8, 4) is 0 Å². The number of hydrogen-bond donors (Lipinski definition) is 1. The highest BCUT2D eigenvalue weighted by molar-refractivity contribution is 5.80. The zero-order valence-electron chi connectivity index (χ0n) is 22.8. The average molecular weight is 557 g/mol. The van der Waals surface area contributed by atoms with Crippen LogP contribution in [0.2, 0.25) is 0 Å². The number of nitrogens with zero attached hydrogens (tertiary/aromatic N) is 5. The summed E-state index contributed by atoms with van der Waals surface area (Å²) in [6.07, 6.45) is 7.14. The highest BCUT2D eigenvalue weighted by atomic mass is 19.1. The second-order valence-electron chi connectivity index (χ2n) is 10.6. The third-order valence-corrected chi connectivity index (χ3v) is 7.91. The SMILES string of the molecule is O=C(CCc1nnc2n(Cc3ccc(F)cc3)c(=O)c3ccccc3n12)NCCN(Cc1ccco1)C1CCCC1. The number of nitrogens with one attached hydrogen (secondary N) is 1. The molecule has 0 atom stereocenters. The predicted octanol–water partition coefficient (Wildman–Crippen LogP) is 4.32. The number of hydrogen-bond acceptors (Lipinski definition) is 6. The third-order valence-electron chi connectivity index (χ3n) is 7.91. The van der Waals surface area contributed by atoms with E-state index in [0.717, 1.165) is 24.4 Å². The maximum absolute atomic E-state index is 13.4. The number of halogens is 1. The number of aryl methyl sites for hydroxylation is 1. The fraction of sp³-hybridized carbons (Fsp3) is 0.355. The van der Waals surface area contributed by atoms with E-state index in [-0.39, 0.29) is 30.2 Å². The molecule has 3 heterocycles. The van der Waals surface area contributed by atoms with Gasteiger partial charge in [-0.3, -0.25) is 23.5 Å². The molecule has 9 nitrogen and oxygen atoms in total. The summed E-state index contributed by atoms with van der Waals surface area (Å²) >= 11 is 0. The molecule has 0 aliphatic heterocycles. The second-order valence-corrected chi connectivity index (χ2v) is 10.6. The molecule has 5 aromatic rings. The standard InChI is InChI=1S/C31H33FN6O3/c32-23-13-11-22(12-14-23)20-37-30(40)26-9-3-4-10-27(26)38-28(34-35-31(37)38)15-16-29(39)33-17-18-36(24-6-1-2-7-24)21-25-8-5-19-41-25/h3-5,8-14,19,24H,1-2,6-7,15-18,20-21H2,(H,33,39). The van der Waals surface area contributed by atoms with E-state index < -0.39 is 0 Å². The first-order valence-corrected chi connectivity index (χ1v) is 14.2. The Bertz CT molecular complexity index is 1690. The topological polar surface area (TPSA) is 97.7 Å². The minimum Gasteiger partial charge on any atom is -0.468 e. The van der Waals surface area contributed by atoms with Crippen LogP contribution in [0.5, 0.6) is 0 Å². The summed E-state index contributed by atoms with van der Waals surface area (Å²) in [5.74, 6) is 1.53. The number of para-hydroxylation sites is 1. The Hall–Kier alpha value is -4.31. The molecule has 1 N–H and O–H groups in total. The Kier molecular flexibility index (Phi) is 7.91. The lowest BCUT2D eigenvalue weighted by molar-refractivity contribution is -0.121. The zero-order valence-corrected chi connectivity index (χ0v) is 22.8. The van der Waals surface area contributed by atoms with Crippen LogP contribution in [0.25, 0.3) is 16.7 Å². The number of fused-ring (bicyclic) bond motifs is 3. The fourth-order valence-electron chi connectivity index (χ4n) is 5.81. The van der Waals surface area contributed by atoms with E-state index in [1.54, 1.807) is 29.0 Å². The summed E-state index contributed by atoms with van der Waals surface area (Å²) in [4.78, 5) is 28.7. The highest BCUT2D eigenvalue weighted by Crippen LogP contribution is 2.25. The van der Waals surface area contributed by atoms with Gasteiger partial charge in [-0.1, -0.05) is 37.1 Å². The van der Waals surface area contributed by atoms with E-state index in [4.69, 9.17) is 4.42 Å². The van der Waals surface area contributed by atoms with E-state index in [2.05, 4.69) is 20.4 Å². The molecule has 0 saturated heterocycles. The summed E-state index contributed by atoms with van der Waals surface area (Å²) < 4.78 is 22.4. The van der Waals surface area contributed by atoms with Crippen molar-refractivity contribution < 1.29 is 13.6 Å². The molecule has 0 bridgehead atoms. The van der Waals surface area contributed by atoms with Crippen molar-refractivity contribution in [3.05, 3.63) is 100 Å². The van der Waals surface area contributed by atoms with Gasteiger partial charge in [0.05, 0.1) is 30.3 Å². The molecular formula is C31H33FN6O3. The quantitative estimate of drug-likeness (QED) is 0.260. The molecule has 1 fully saturated rings. The molecule has 1 aliphatic rings. The van der Waals surface area contributed by atoms with Crippen molar-refractivity contribution in [2.75, 3.05) is 13.1 Å². The van der Waals surface area contributed by atoms with E-state index >= 15 is 0 Å². The van der Waals surface area contributed by atoms with Crippen LogP contribution >= 0.6 is 0 Å². The van der Waals surface area contributed by atoms with E-state index in [9.17, 15) is 14.0 Å². The monoisotopic (exact) mass is 556 g/mol. The molecule has 1 aliphatic carbocycles. The Balaban J connectivity index is 1.15. The van der Waals surface area contributed by atoms with Gasteiger partial charge in [-0.05, 0) is 54.8 Å². The highest BCUT2D eigenvalue weighted by Gasteiger charge is 2.23. The minimum atomic E-state index is -0.337. The van der Waals surface area contributed by atoms with Crippen molar-refractivity contribution in [1.29, 1.82) is 0 Å². The maximum Gasteiger partial charge on any atom is 0.263 e. The van der Waals surface area contributed by atoms with Crippen molar-refractivity contribution in [2.24, 2.45) is 0 Å². The lowest BCUT2D eigenvalue weighted by Crippen LogP contribution is -2.39. The van der Waals surface area contributed by atoms with Crippen LogP contribution in [0.15, 0.2) is 76.1 Å². The molecule has 1 saturated carbocycles. The lowest BCUT2D eigenvalue weighted by Gasteiger charge is -2.28. The Labute approximate surface area is 236 Å². The van der Waals surface area contributed by atoms with Crippen molar-refractivity contribution in [2.45, 2.75) is 57.7 Å². The van der Waals surface area contributed by atoms with Crippen LogP contribution in [0, 0.1) is 5.82 Å². The molecular weight excluding hydrogens is 523 g/mol. The van der Waals surface area contributed by atoms with Gasteiger partial charge in [0.15, 0.2) is 0 Å². The summed E-state index contributed by atoms with van der Waals surface area (Å²) in [7, 11) is 0. The third kappa shape index (κ3) is 5.92. The van der Waals surface area contributed by atoms with Gasteiger partial charge in [0, 0.05) is 32.0 Å². The smallest absolute Gasteiger partial charge is 0.263 e. The van der Waals surface area contributed by atoms with Crippen molar-refractivity contribution >= 4 is 22.6 Å². The first-order chi connectivity index (χ1) is 20.1. The Morgan fingerprint density at radius 1 is 1.05 bits per heavy atom. The summed E-state index contributed by atoms with van der Waals surface area (Å²) in [5.41, 5.74) is 1.26. The molecule has 0 unspecified atom stereocenters. The minimum absolute atomic E-state index is 0.0601. The molecule has 1 amide bonds. The largest absolute Gasteiger partial charge is 0.468 e. The van der Waals surface area contributed by atoms with Gasteiger partial charge in [-0.25, -0.2) is 4.39 Å². The predicted molar refractivity (Wildman–Crippen MR) is 153 cm³/mol. The van der Waals surface area contributed by atoms with Crippen LogP contribution in [0.1, 0.15) is 49.3 Å². The molecule has 6 rings (SSSR count). The molecule has 212 valence electrons. The zero-order chi connectivity index (χ0) is 28.2. The molecule has 0 radical (unpaired) electrons. The van der Waals surface area contributed by atoms with Gasteiger partial charge < -0.3 is 9.73 Å². The van der Waals surface area contributed by atoms with Gasteiger partial charge >= 0.3 is 0 Å². The number of amides is 1. The van der Waals surface area contributed by atoms with Crippen molar-refractivity contribution in [1.82, 2.24) is 29.4 Å². The molecule has 0 spiro atoms. The molecule has 2 aromatic carbocycles. The van der Waals surface area contributed by atoms with Gasteiger partial charge in [0.1, 0.15) is 17.4 Å². The first kappa shape index (κ1) is 26.9. The molecule has 41 heavy (non-hydrogen) atoms. The number of benzene rings is 2. The molecule has 10 heteroatoms.